The Kier molecular flexibility index (Phi) is 7.34. The average Bonchev–Trinajstić information content (AvgIpc) is 3.12. The molecule has 1 aliphatic rings. The van der Waals surface area contributed by atoms with E-state index in [4.69, 9.17) is 0 Å². The van der Waals surface area contributed by atoms with Crippen LogP contribution in [0.3, 0.4) is 0 Å². The maximum Gasteiger partial charge on any atom is 0.251 e. The largest absolute Gasteiger partial charge is 0.352 e. The molecule has 0 saturated carbocycles. The second-order valence-corrected chi connectivity index (χ2v) is 8.65. The summed E-state index contributed by atoms with van der Waals surface area (Å²) in [6, 6.07) is 5.74. The Morgan fingerprint density at radius 3 is 2.48 bits per heavy atom. The van der Waals surface area contributed by atoms with Crippen LogP contribution in [0.15, 0.2) is 29.2 Å². The molecular formula is C18H28N4O4S. The van der Waals surface area contributed by atoms with Gasteiger partial charge < -0.3 is 10.2 Å². The van der Waals surface area contributed by atoms with Crippen LogP contribution in [-0.2, 0) is 14.8 Å². The quantitative estimate of drug-likeness (QED) is 0.615. The number of sulfonamides is 1. The van der Waals surface area contributed by atoms with Crippen molar-refractivity contribution in [3.63, 3.8) is 0 Å². The van der Waals surface area contributed by atoms with Gasteiger partial charge >= 0.3 is 0 Å². The lowest BCUT2D eigenvalue weighted by Gasteiger charge is -2.26. The first-order chi connectivity index (χ1) is 12.8. The molecular weight excluding hydrogens is 368 g/mol. The van der Waals surface area contributed by atoms with Crippen molar-refractivity contribution >= 4 is 21.8 Å². The predicted octanol–water partition coefficient (Wildman–Crippen LogP) is 0.267. The molecule has 1 aliphatic heterocycles. The van der Waals surface area contributed by atoms with E-state index in [-0.39, 0.29) is 22.8 Å². The number of carbonyl (C=O) groups is 2. The zero-order chi connectivity index (χ0) is 20.0. The summed E-state index contributed by atoms with van der Waals surface area (Å²) in [5.74, 6) is -0.112. The molecule has 1 aromatic carbocycles. The maximum absolute atomic E-state index is 12.2. The van der Waals surface area contributed by atoms with Crippen LogP contribution in [0.5, 0.6) is 0 Å². The van der Waals surface area contributed by atoms with E-state index in [1.807, 2.05) is 0 Å². The summed E-state index contributed by atoms with van der Waals surface area (Å²) in [6.07, 6.45) is 2.64. The lowest BCUT2D eigenvalue weighted by Crippen LogP contribution is -2.43. The summed E-state index contributed by atoms with van der Waals surface area (Å²) in [5, 5.41) is 2.84. The first-order valence-electron chi connectivity index (χ1n) is 9.03. The minimum absolute atomic E-state index is 0.0580. The number of likely N-dealkylation sites (N-methyl/N-ethyl adjacent to an activating group) is 1. The summed E-state index contributed by atoms with van der Waals surface area (Å²) >= 11 is 0. The third kappa shape index (κ3) is 5.50. The Bertz CT molecular complexity index is 762. The van der Waals surface area contributed by atoms with Gasteiger partial charge in [0.25, 0.3) is 5.91 Å². The number of nitrogens with one attached hydrogen (secondary N) is 2. The minimum atomic E-state index is -3.51. The number of nitrogens with zero attached hydrogens (tertiary/aromatic N) is 2. The first kappa shape index (κ1) is 21.3. The van der Waals surface area contributed by atoms with Crippen molar-refractivity contribution in [2.45, 2.75) is 30.2 Å². The van der Waals surface area contributed by atoms with Gasteiger partial charge in [-0.3, -0.25) is 14.5 Å². The van der Waals surface area contributed by atoms with Crippen LogP contribution in [0.2, 0.25) is 0 Å². The molecule has 2 amide bonds. The van der Waals surface area contributed by atoms with Gasteiger partial charge in [-0.15, -0.1) is 0 Å². The highest BCUT2D eigenvalue weighted by molar-refractivity contribution is 7.89. The molecule has 0 bridgehead atoms. The fraction of sp³-hybridized carbons (Fsp3) is 0.556. The van der Waals surface area contributed by atoms with Gasteiger partial charge in [0.1, 0.15) is 0 Å². The van der Waals surface area contributed by atoms with Crippen LogP contribution < -0.4 is 10.0 Å². The van der Waals surface area contributed by atoms with Gasteiger partial charge in [0.2, 0.25) is 15.9 Å². The topological polar surface area (TPSA) is 98.8 Å². The molecule has 0 spiro atoms. The third-order valence-electron chi connectivity index (χ3n) is 4.69. The molecule has 1 heterocycles. The Hall–Kier alpha value is -1.97. The van der Waals surface area contributed by atoms with E-state index in [1.54, 1.807) is 19.0 Å². The molecule has 1 aromatic rings. The summed E-state index contributed by atoms with van der Waals surface area (Å²) in [6.45, 7) is 2.15. The molecule has 1 fully saturated rings. The van der Waals surface area contributed by atoms with Crippen molar-refractivity contribution in [2.75, 3.05) is 40.8 Å². The zero-order valence-corrected chi connectivity index (χ0v) is 16.9. The second-order valence-electron chi connectivity index (χ2n) is 6.77. The number of benzene rings is 1. The molecule has 2 N–H and O–H groups in total. The molecule has 150 valence electrons. The molecule has 1 atom stereocenters. The van der Waals surface area contributed by atoms with Gasteiger partial charge in [-0.2, -0.15) is 0 Å². The third-order valence-corrected chi connectivity index (χ3v) is 6.12. The number of hydrogen-bond acceptors (Lipinski definition) is 5. The average molecular weight is 397 g/mol. The van der Waals surface area contributed by atoms with E-state index in [1.165, 1.54) is 31.3 Å². The SMILES string of the molecule is CNS(=O)(=O)c1ccc(C(=O)NCCCN2CCC[C@H]2C(=O)N(C)C)cc1. The van der Waals surface area contributed by atoms with Crippen molar-refractivity contribution in [1.29, 1.82) is 0 Å². The minimum Gasteiger partial charge on any atom is -0.352 e. The lowest BCUT2D eigenvalue weighted by molar-refractivity contribution is -0.133. The highest BCUT2D eigenvalue weighted by atomic mass is 32.2. The van der Waals surface area contributed by atoms with Crippen molar-refractivity contribution < 1.29 is 18.0 Å². The Labute approximate surface area is 161 Å². The molecule has 1 saturated heterocycles. The van der Waals surface area contributed by atoms with E-state index in [2.05, 4.69) is 14.9 Å². The van der Waals surface area contributed by atoms with Gasteiger partial charge in [-0.1, -0.05) is 0 Å². The van der Waals surface area contributed by atoms with Gasteiger partial charge in [-0.05, 0) is 57.1 Å². The summed E-state index contributed by atoms with van der Waals surface area (Å²) in [5.41, 5.74) is 0.409. The highest BCUT2D eigenvalue weighted by Gasteiger charge is 2.31. The molecule has 2 rings (SSSR count). The summed E-state index contributed by atoms with van der Waals surface area (Å²) in [7, 11) is 1.37. The van der Waals surface area contributed by atoms with Crippen LogP contribution in [0.4, 0.5) is 0 Å². The predicted molar refractivity (Wildman–Crippen MR) is 103 cm³/mol. The van der Waals surface area contributed by atoms with E-state index >= 15 is 0 Å². The van der Waals surface area contributed by atoms with Crippen molar-refractivity contribution in [1.82, 2.24) is 19.8 Å². The number of amides is 2. The van der Waals surface area contributed by atoms with Gasteiger partial charge in [-0.25, -0.2) is 13.1 Å². The van der Waals surface area contributed by atoms with E-state index < -0.39 is 10.0 Å². The molecule has 0 aromatic heterocycles. The van der Waals surface area contributed by atoms with Crippen LogP contribution in [0.25, 0.3) is 0 Å². The van der Waals surface area contributed by atoms with Crippen molar-refractivity contribution in [2.24, 2.45) is 0 Å². The number of rotatable bonds is 8. The molecule has 27 heavy (non-hydrogen) atoms. The zero-order valence-electron chi connectivity index (χ0n) is 16.1. The van der Waals surface area contributed by atoms with E-state index in [0.717, 1.165) is 32.4 Å². The van der Waals surface area contributed by atoms with Crippen LogP contribution in [0.1, 0.15) is 29.6 Å². The Morgan fingerprint density at radius 2 is 1.89 bits per heavy atom. The standard InChI is InChI=1S/C18H28N4O4S/c1-19-27(25,26)15-9-7-14(8-10-15)17(23)20-11-5-13-22-12-4-6-16(22)18(24)21(2)3/h7-10,16,19H,4-6,11-13H2,1-3H3,(H,20,23)/t16-/m0/s1. The Morgan fingerprint density at radius 1 is 1.22 bits per heavy atom. The molecule has 0 radical (unpaired) electrons. The van der Waals surface area contributed by atoms with Crippen LogP contribution in [-0.4, -0.2) is 76.9 Å². The number of likely N-dealkylation sites (tertiary alicyclic amines) is 1. The Balaban J connectivity index is 1.80. The first-order valence-corrected chi connectivity index (χ1v) is 10.5. The smallest absolute Gasteiger partial charge is 0.251 e. The molecule has 8 nitrogen and oxygen atoms in total. The number of hydrogen-bond donors (Lipinski definition) is 2. The van der Waals surface area contributed by atoms with Gasteiger partial charge in [0, 0.05) is 32.7 Å². The fourth-order valence-electron chi connectivity index (χ4n) is 3.16. The van der Waals surface area contributed by atoms with E-state index in [0.29, 0.717) is 12.1 Å². The number of carbonyl (C=O) groups excluding carboxylic acids is 2. The summed E-state index contributed by atoms with van der Waals surface area (Å²) < 4.78 is 25.6. The van der Waals surface area contributed by atoms with E-state index in [9.17, 15) is 18.0 Å². The molecule has 0 unspecified atom stereocenters. The van der Waals surface area contributed by atoms with Crippen LogP contribution in [0, 0.1) is 0 Å². The summed E-state index contributed by atoms with van der Waals surface area (Å²) in [4.78, 5) is 28.3. The van der Waals surface area contributed by atoms with Crippen molar-refractivity contribution in [3.8, 4) is 0 Å². The molecule has 0 aliphatic carbocycles. The van der Waals surface area contributed by atoms with Crippen molar-refractivity contribution in [3.05, 3.63) is 29.8 Å². The van der Waals surface area contributed by atoms with Crippen LogP contribution >= 0.6 is 0 Å². The van der Waals surface area contributed by atoms with Gasteiger partial charge in [0.05, 0.1) is 10.9 Å². The van der Waals surface area contributed by atoms with Gasteiger partial charge in [0.15, 0.2) is 0 Å². The lowest BCUT2D eigenvalue weighted by atomic mass is 10.2. The second kappa shape index (κ2) is 9.29. The normalized spacial score (nSPS) is 17.7. The maximum atomic E-state index is 12.2. The fourth-order valence-corrected chi connectivity index (χ4v) is 3.89. The monoisotopic (exact) mass is 396 g/mol. The highest BCUT2D eigenvalue weighted by Crippen LogP contribution is 2.18. The molecule has 9 heteroatoms.